The van der Waals surface area contributed by atoms with Gasteiger partial charge in [-0.1, -0.05) is 6.92 Å². The normalized spacial score (nSPS) is 10.0. The predicted octanol–water partition coefficient (Wildman–Crippen LogP) is 2.25. The van der Waals surface area contributed by atoms with E-state index in [0.29, 0.717) is 23.5 Å². The van der Waals surface area contributed by atoms with Crippen molar-refractivity contribution in [3.05, 3.63) is 59.4 Å². The Morgan fingerprint density at radius 3 is 2.17 bits per heavy atom. The fraction of sp³-hybridized carbons (Fsp3) is 0.235. The molecule has 2 N–H and O–H groups in total. The maximum atomic E-state index is 12.0. The molecule has 0 aliphatic carbocycles. The van der Waals surface area contributed by atoms with E-state index in [1.807, 2.05) is 13.8 Å². The number of aryl methyl sites for hydroxylation is 1. The zero-order chi connectivity index (χ0) is 16.7. The van der Waals surface area contributed by atoms with Gasteiger partial charge >= 0.3 is 0 Å². The number of rotatable bonds is 5. The molecule has 2 amide bonds. The predicted molar refractivity (Wildman–Crippen MR) is 86.1 cm³/mol. The lowest BCUT2D eigenvalue weighted by molar-refractivity contribution is 0.0846. The Labute approximate surface area is 134 Å². The van der Waals surface area contributed by atoms with Crippen molar-refractivity contribution in [3.63, 3.8) is 0 Å². The van der Waals surface area contributed by atoms with Crippen LogP contribution in [0.1, 0.15) is 39.8 Å². The van der Waals surface area contributed by atoms with Gasteiger partial charge in [0, 0.05) is 17.5 Å². The SMILES string of the molecule is CCCOc1ccc(C(=O)NNC(=O)c2ccc(C)nc2)cc1. The third-order valence-corrected chi connectivity index (χ3v) is 3.05. The maximum Gasteiger partial charge on any atom is 0.271 e. The number of ether oxygens (including phenoxy) is 1. The summed E-state index contributed by atoms with van der Waals surface area (Å²) in [7, 11) is 0. The molecule has 0 aliphatic rings. The number of aromatic nitrogens is 1. The zero-order valence-corrected chi connectivity index (χ0v) is 13.1. The van der Waals surface area contributed by atoms with Crippen molar-refractivity contribution in [2.45, 2.75) is 20.3 Å². The van der Waals surface area contributed by atoms with E-state index >= 15 is 0 Å². The number of carbonyl (C=O) groups is 2. The lowest BCUT2D eigenvalue weighted by Crippen LogP contribution is -2.41. The highest BCUT2D eigenvalue weighted by Gasteiger charge is 2.09. The fourth-order valence-electron chi connectivity index (χ4n) is 1.78. The molecule has 0 radical (unpaired) electrons. The minimum Gasteiger partial charge on any atom is -0.494 e. The standard InChI is InChI=1S/C17H19N3O3/c1-3-10-23-15-8-6-13(7-9-15)16(21)19-20-17(22)14-5-4-12(2)18-11-14/h4-9,11H,3,10H2,1-2H3,(H,19,21)(H,20,22). The minimum atomic E-state index is -0.422. The molecule has 1 heterocycles. The molecule has 1 aromatic heterocycles. The molecule has 0 unspecified atom stereocenters. The number of pyridine rings is 1. The second-order valence-electron chi connectivity index (χ2n) is 4.97. The molecule has 23 heavy (non-hydrogen) atoms. The van der Waals surface area contributed by atoms with Crippen LogP contribution in [0.2, 0.25) is 0 Å². The molecule has 0 saturated carbocycles. The summed E-state index contributed by atoms with van der Waals surface area (Å²) in [5.74, 6) is -0.118. The molecule has 0 spiro atoms. The number of benzene rings is 1. The summed E-state index contributed by atoms with van der Waals surface area (Å²) in [6, 6.07) is 10.1. The van der Waals surface area contributed by atoms with E-state index in [1.54, 1.807) is 36.4 Å². The lowest BCUT2D eigenvalue weighted by atomic mass is 10.2. The summed E-state index contributed by atoms with van der Waals surface area (Å²) in [5, 5.41) is 0. The van der Waals surface area contributed by atoms with Crippen molar-refractivity contribution < 1.29 is 14.3 Å². The van der Waals surface area contributed by atoms with E-state index in [4.69, 9.17) is 4.74 Å². The molecular formula is C17H19N3O3. The van der Waals surface area contributed by atoms with E-state index in [0.717, 1.165) is 12.1 Å². The molecule has 0 saturated heterocycles. The highest BCUT2D eigenvalue weighted by molar-refractivity contribution is 5.98. The molecule has 0 fully saturated rings. The van der Waals surface area contributed by atoms with Crippen LogP contribution in [0.15, 0.2) is 42.6 Å². The summed E-state index contributed by atoms with van der Waals surface area (Å²) in [6.45, 7) is 4.48. The van der Waals surface area contributed by atoms with Crippen LogP contribution in [0, 0.1) is 6.92 Å². The average molecular weight is 313 g/mol. The smallest absolute Gasteiger partial charge is 0.271 e. The topological polar surface area (TPSA) is 80.3 Å². The molecule has 120 valence electrons. The molecule has 6 heteroatoms. The summed E-state index contributed by atoms with van der Waals surface area (Å²) in [6.07, 6.45) is 2.37. The van der Waals surface area contributed by atoms with Crippen LogP contribution in [0.4, 0.5) is 0 Å². The van der Waals surface area contributed by atoms with Gasteiger partial charge in [-0.15, -0.1) is 0 Å². The van der Waals surface area contributed by atoms with Crippen molar-refractivity contribution in [1.82, 2.24) is 15.8 Å². The van der Waals surface area contributed by atoms with Gasteiger partial charge in [0.1, 0.15) is 5.75 Å². The van der Waals surface area contributed by atoms with Gasteiger partial charge in [-0.3, -0.25) is 25.4 Å². The average Bonchev–Trinajstić information content (AvgIpc) is 2.58. The zero-order valence-electron chi connectivity index (χ0n) is 13.1. The van der Waals surface area contributed by atoms with Gasteiger partial charge in [-0.2, -0.15) is 0 Å². The van der Waals surface area contributed by atoms with Crippen LogP contribution in [0.25, 0.3) is 0 Å². The number of hydrogen-bond donors (Lipinski definition) is 2. The van der Waals surface area contributed by atoms with Gasteiger partial charge in [-0.25, -0.2) is 0 Å². The van der Waals surface area contributed by atoms with Crippen molar-refractivity contribution in [3.8, 4) is 5.75 Å². The molecule has 6 nitrogen and oxygen atoms in total. The van der Waals surface area contributed by atoms with Crippen molar-refractivity contribution in [2.75, 3.05) is 6.61 Å². The Balaban J connectivity index is 1.89. The summed E-state index contributed by atoms with van der Waals surface area (Å²) >= 11 is 0. The van der Waals surface area contributed by atoms with Gasteiger partial charge in [0.25, 0.3) is 11.8 Å². The number of hydrogen-bond acceptors (Lipinski definition) is 4. The monoisotopic (exact) mass is 313 g/mol. The first-order valence-electron chi connectivity index (χ1n) is 7.36. The number of carbonyl (C=O) groups excluding carboxylic acids is 2. The largest absolute Gasteiger partial charge is 0.494 e. The molecule has 0 atom stereocenters. The molecule has 2 aromatic rings. The Bertz CT molecular complexity index is 666. The number of nitrogens with zero attached hydrogens (tertiary/aromatic N) is 1. The van der Waals surface area contributed by atoms with Crippen molar-refractivity contribution >= 4 is 11.8 Å². The van der Waals surface area contributed by atoms with E-state index < -0.39 is 11.8 Å². The third-order valence-electron chi connectivity index (χ3n) is 3.05. The van der Waals surface area contributed by atoms with Gasteiger partial charge in [0.15, 0.2) is 0 Å². The Morgan fingerprint density at radius 2 is 1.61 bits per heavy atom. The summed E-state index contributed by atoms with van der Waals surface area (Å²) in [5.41, 5.74) is 6.34. The molecule has 0 bridgehead atoms. The van der Waals surface area contributed by atoms with Gasteiger partial charge in [0.2, 0.25) is 0 Å². The maximum absolute atomic E-state index is 12.0. The van der Waals surface area contributed by atoms with E-state index in [1.165, 1.54) is 6.20 Å². The molecule has 0 aliphatic heterocycles. The molecular weight excluding hydrogens is 294 g/mol. The van der Waals surface area contributed by atoms with Crippen LogP contribution in [-0.2, 0) is 0 Å². The highest BCUT2D eigenvalue weighted by Crippen LogP contribution is 2.12. The van der Waals surface area contributed by atoms with Crippen molar-refractivity contribution in [1.29, 1.82) is 0 Å². The summed E-state index contributed by atoms with van der Waals surface area (Å²) in [4.78, 5) is 27.9. The fourth-order valence-corrected chi connectivity index (χ4v) is 1.78. The number of hydrazine groups is 1. The quantitative estimate of drug-likeness (QED) is 0.830. The first-order valence-corrected chi connectivity index (χ1v) is 7.36. The van der Waals surface area contributed by atoms with Crippen LogP contribution in [0.3, 0.4) is 0 Å². The van der Waals surface area contributed by atoms with Gasteiger partial charge < -0.3 is 4.74 Å². The first kappa shape index (κ1) is 16.5. The number of nitrogens with one attached hydrogen (secondary N) is 2. The summed E-state index contributed by atoms with van der Waals surface area (Å²) < 4.78 is 5.45. The highest BCUT2D eigenvalue weighted by atomic mass is 16.5. The van der Waals surface area contributed by atoms with Crippen LogP contribution < -0.4 is 15.6 Å². The van der Waals surface area contributed by atoms with Crippen LogP contribution in [-0.4, -0.2) is 23.4 Å². The van der Waals surface area contributed by atoms with Crippen LogP contribution >= 0.6 is 0 Å². The number of amides is 2. The van der Waals surface area contributed by atoms with Crippen molar-refractivity contribution in [2.24, 2.45) is 0 Å². The van der Waals surface area contributed by atoms with E-state index in [2.05, 4.69) is 15.8 Å². The Morgan fingerprint density at radius 1 is 1.00 bits per heavy atom. The third kappa shape index (κ3) is 4.81. The van der Waals surface area contributed by atoms with Gasteiger partial charge in [0.05, 0.1) is 12.2 Å². The Kier molecular flexibility index (Phi) is 5.68. The minimum absolute atomic E-state index is 0.374. The van der Waals surface area contributed by atoms with E-state index in [9.17, 15) is 9.59 Å². The lowest BCUT2D eigenvalue weighted by Gasteiger charge is -2.08. The van der Waals surface area contributed by atoms with Crippen LogP contribution in [0.5, 0.6) is 5.75 Å². The second-order valence-corrected chi connectivity index (χ2v) is 4.97. The van der Waals surface area contributed by atoms with Gasteiger partial charge in [-0.05, 0) is 49.7 Å². The molecule has 2 rings (SSSR count). The first-order chi connectivity index (χ1) is 11.1. The second kappa shape index (κ2) is 7.93. The van der Waals surface area contributed by atoms with E-state index in [-0.39, 0.29) is 0 Å². The Hall–Kier alpha value is -2.89. The molecule has 1 aromatic carbocycles.